The van der Waals surface area contributed by atoms with Crippen LogP contribution in [0.1, 0.15) is 33.2 Å². The van der Waals surface area contributed by atoms with Crippen molar-refractivity contribution in [1.82, 2.24) is 9.78 Å². The largest absolute Gasteiger partial charge is 0.382 e. The number of nitrogens with zero attached hydrogens (tertiary/aromatic N) is 2. The van der Waals surface area contributed by atoms with Gasteiger partial charge in [0.15, 0.2) is 0 Å². The number of ether oxygens (including phenoxy) is 1. The lowest BCUT2D eigenvalue weighted by atomic mass is 10.0. The maximum absolute atomic E-state index is 12.0. The van der Waals surface area contributed by atoms with Crippen LogP contribution in [0.4, 0.5) is 5.69 Å². The molecule has 1 aliphatic rings. The molecule has 0 saturated carbocycles. The van der Waals surface area contributed by atoms with E-state index in [4.69, 9.17) is 16.3 Å². The van der Waals surface area contributed by atoms with Crippen LogP contribution >= 0.6 is 11.6 Å². The van der Waals surface area contributed by atoms with E-state index in [1.807, 2.05) is 13.8 Å². The fourth-order valence-corrected chi connectivity index (χ4v) is 2.42. The van der Waals surface area contributed by atoms with Gasteiger partial charge in [-0.3, -0.25) is 4.79 Å². The van der Waals surface area contributed by atoms with E-state index in [0.717, 1.165) is 19.6 Å². The number of aromatic nitrogens is 2. The van der Waals surface area contributed by atoms with Crippen LogP contribution < -0.4 is 10.9 Å². The van der Waals surface area contributed by atoms with Crippen LogP contribution in [0, 0.1) is 5.92 Å². The Morgan fingerprint density at radius 2 is 2.37 bits per heavy atom. The SMILES string of the molecule is CC1OCCC1CNc1cnn(C(C)C)c(=O)c1Cl. The predicted octanol–water partition coefficient (Wildman–Crippen LogP) is 2.31. The van der Waals surface area contributed by atoms with Gasteiger partial charge in [0.05, 0.1) is 24.0 Å². The zero-order valence-corrected chi connectivity index (χ0v) is 12.3. The summed E-state index contributed by atoms with van der Waals surface area (Å²) >= 11 is 6.10. The maximum Gasteiger partial charge on any atom is 0.287 e. The van der Waals surface area contributed by atoms with Gasteiger partial charge in [-0.1, -0.05) is 11.6 Å². The monoisotopic (exact) mass is 285 g/mol. The van der Waals surface area contributed by atoms with E-state index in [1.165, 1.54) is 4.68 Å². The summed E-state index contributed by atoms with van der Waals surface area (Å²) in [6.07, 6.45) is 2.89. The second-order valence-electron chi connectivity index (χ2n) is 5.22. The van der Waals surface area contributed by atoms with Gasteiger partial charge in [-0.05, 0) is 27.2 Å². The lowest BCUT2D eigenvalue weighted by Crippen LogP contribution is -2.27. The van der Waals surface area contributed by atoms with Gasteiger partial charge in [0.25, 0.3) is 5.56 Å². The Hall–Kier alpha value is -1.07. The Labute approximate surface area is 117 Å². The van der Waals surface area contributed by atoms with Crippen molar-refractivity contribution in [3.8, 4) is 0 Å². The van der Waals surface area contributed by atoms with Crippen LogP contribution in [0.3, 0.4) is 0 Å². The number of rotatable bonds is 4. The Morgan fingerprint density at radius 3 is 2.95 bits per heavy atom. The molecule has 6 heteroatoms. The van der Waals surface area contributed by atoms with Crippen molar-refractivity contribution in [1.29, 1.82) is 0 Å². The molecule has 0 bridgehead atoms. The summed E-state index contributed by atoms with van der Waals surface area (Å²) in [5, 5.41) is 7.54. The summed E-state index contributed by atoms with van der Waals surface area (Å²) in [5.74, 6) is 0.448. The second-order valence-corrected chi connectivity index (χ2v) is 5.60. The zero-order valence-electron chi connectivity index (χ0n) is 11.5. The molecule has 5 nitrogen and oxygen atoms in total. The van der Waals surface area contributed by atoms with E-state index in [1.54, 1.807) is 6.20 Å². The molecule has 2 heterocycles. The highest BCUT2D eigenvalue weighted by Crippen LogP contribution is 2.22. The Morgan fingerprint density at radius 1 is 1.63 bits per heavy atom. The van der Waals surface area contributed by atoms with Gasteiger partial charge < -0.3 is 10.1 Å². The van der Waals surface area contributed by atoms with E-state index in [2.05, 4.69) is 17.3 Å². The Bertz CT molecular complexity index is 501. The summed E-state index contributed by atoms with van der Waals surface area (Å²) in [6.45, 7) is 7.41. The molecule has 0 amide bonds. The molecule has 19 heavy (non-hydrogen) atoms. The van der Waals surface area contributed by atoms with Gasteiger partial charge in [-0.15, -0.1) is 0 Å². The summed E-state index contributed by atoms with van der Waals surface area (Å²) < 4.78 is 6.89. The molecular weight excluding hydrogens is 266 g/mol. The fraction of sp³-hybridized carbons (Fsp3) is 0.692. The van der Waals surface area contributed by atoms with Gasteiger partial charge >= 0.3 is 0 Å². The van der Waals surface area contributed by atoms with Crippen molar-refractivity contribution < 1.29 is 4.74 Å². The first-order valence-electron chi connectivity index (χ1n) is 6.63. The highest BCUT2D eigenvalue weighted by Gasteiger charge is 2.24. The summed E-state index contributed by atoms with van der Waals surface area (Å²) in [7, 11) is 0. The average molecular weight is 286 g/mol. The number of anilines is 1. The minimum absolute atomic E-state index is 0.00213. The third kappa shape index (κ3) is 3.09. The third-order valence-corrected chi connectivity index (χ3v) is 3.89. The van der Waals surface area contributed by atoms with Crippen LogP contribution in [-0.2, 0) is 4.74 Å². The minimum Gasteiger partial charge on any atom is -0.382 e. The van der Waals surface area contributed by atoms with E-state index in [-0.39, 0.29) is 22.7 Å². The number of hydrogen-bond acceptors (Lipinski definition) is 4. The molecule has 2 unspecified atom stereocenters. The third-order valence-electron chi connectivity index (χ3n) is 3.52. The first kappa shape index (κ1) is 14.3. The van der Waals surface area contributed by atoms with Crippen LogP contribution in [-0.4, -0.2) is 29.0 Å². The topological polar surface area (TPSA) is 56.1 Å². The smallest absolute Gasteiger partial charge is 0.287 e. The van der Waals surface area contributed by atoms with Crippen molar-refractivity contribution in [3.05, 3.63) is 21.6 Å². The van der Waals surface area contributed by atoms with Crippen molar-refractivity contribution in [2.24, 2.45) is 5.92 Å². The van der Waals surface area contributed by atoms with Gasteiger partial charge in [0.1, 0.15) is 5.02 Å². The zero-order chi connectivity index (χ0) is 14.0. The molecule has 2 rings (SSSR count). The first-order valence-corrected chi connectivity index (χ1v) is 7.01. The lowest BCUT2D eigenvalue weighted by molar-refractivity contribution is 0.108. The lowest BCUT2D eigenvalue weighted by Gasteiger charge is -2.17. The maximum atomic E-state index is 12.0. The van der Waals surface area contributed by atoms with Crippen LogP contribution in [0.25, 0.3) is 0 Å². The molecular formula is C13H20ClN3O2. The molecule has 1 aromatic rings. The standard InChI is InChI=1S/C13H20ClN3O2/c1-8(2)17-13(18)12(14)11(7-16-17)15-6-10-4-5-19-9(10)3/h7-10,15H,4-6H2,1-3H3. The quantitative estimate of drug-likeness (QED) is 0.922. The molecule has 1 N–H and O–H groups in total. The van der Waals surface area contributed by atoms with E-state index < -0.39 is 0 Å². The Balaban J connectivity index is 2.09. The molecule has 106 valence electrons. The molecule has 0 aliphatic carbocycles. The summed E-state index contributed by atoms with van der Waals surface area (Å²) in [6, 6.07) is 0.00213. The summed E-state index contributed by atoms with van der Waals surface area (Å²) in [5.41, 5.74) is 0.347. The molecule has 0 aromatic carbocycles. The molecule has 1 aromatic heterocycles. The molecule has 0 radical (unpaired) electrons. The van der Waals surface area contributed by atoms with Gasteiger partial charge in [0.2, 0.25) is 0 Å². The number of hydrogen-bond donors (Lipinski definition) is 1. The molecule has 1 saturated heterocycles. The molecule has 1 fully saturated rings. The average Bonchev–Trinajstić information content (AvgIpc) is 2.76. The molecule has 1 aliphatic heterocycles. The second kappa shape index (κ2) is 5.92. The van der Waals surface area contributed by atoms with Gasteiger partial charge in [0, 0.05) is 19.1 Å². The first-order chi connectivity index (χ1) is 9.00. The number of nitrogens with one attached hydrogen (secondary N) is 1. The van der Waals surface area contributed by atoms with Crippen molar-refractivity contribution in [2.45, 2.75) is 39.3 Å². The van der Waals surface area contributed by atoms with Crippen molar-refractivity contribution in [3.63, 3.8) is 0 Å². The van der Waals surface area contributed by atoms with E-state index in [9.17, 15) is 4.79 Å². The normalized spacial score (nSPS) is 23.0. The highest BCUT2D eigenvalue weighted by atomic mass is 35.5. The molecule has 2 atom stereocenters. The van der Waals surface area contributed by atoms with Crippen molar-refractivity contribution >= 4 is 17.3 Å². The van der Waals surface area contributed by atoms with Crippen LogP contribution in [0.15, 0.2) is 11.0 Å². The summed E-state index contributed by atoms with van der Waals surface area (Å²) in [4.78, 5) is 12.0. The highest BCUT2D eigenvalue weighted by molar-refractivity contribution is 6.32. The van der Waals surface area contributed by atoms with Crippen LogP contribution in [0.5, 0.6) is 0 Å². The predicted molar refractivity (Wildman–Crippen MR) is 75.9 cm³/mol. The fourth-order valence-electron chi connectivity index (χ4n) is 2.22. The molecule has 0 spiro atoms. The number of halogens is 1. The van der Waals surface area contributed by atoms with Crippen molar-refractivity contribution in [2.75, 3.05) is 18.5 Å². The van der Waals surface area contributed by atoms with Crippen LogP contribution in [0.2, 0.25) is 5.02 Å². The van der Waals surface area contributed by atoms with Gasteiger partial charge in [-0.2, -0.15) is 5.10 Å². The van der Waals surface area contributed by atoms with Gasteiger partial charge in [-0.25, -0.2) is 4.68 Å². The van der Waals surface area contributed by atoms with E-state index >= 15 is 0 Å². The minimum atomic E-state index is -0.252. The Kier molecular flexibility index (Phi) is 4.47. The van der Waals surface area contributed by atoms with E-state index in [0.29, 0.717) is 11.6 Å².